The highest BCUT2D eigenvalue weighted by molar-refractivity contribution is 5.36. The van der Waals surface area contributed by atoms with Crippen LogP contribution in [0.5, 0.6) is 0 Å². The molecule has 0 aliphatic heterocycles. The van der Waals surface area contributed by atoms with Crippen LogP contribution in [0.2, 0.25) is 0 Å². The largest absolute Gasteiger partial charge is 0.395 e. The van der Waals surface area contributed by atoms with Gasteiger partial charge in [-0.3, -0.25) is 4.90 Å². The Balaban J connectivity index is 2.57. The third kappa shape index (κ3) is 4.45. The van der Waals surface area contributed by atoms with Crippen LogP contribution in [0.4, 0.5) is 0 Å². The predicted octanol–water partition coefficient (Wildman–Crippen LogP) is 0.454. The lowest BCUT2D eigenvalue weighted by Crippen LogP contribution is -2.21. The van der Waals surface area contributed by atoms with Gasteiger partial charge in [-0.05, 0) is 24.7 Å². The van der Waals surface area contributed by atoms with Gasteiger partial charge in [-0.25, -0.2) is 0 Å². The van der Waals surface area contributed by atoms with Gasteiger partial charge in [-0.15, -0.1) is 0 Å². The first kappa shape index (κ1) is 12.7. The highest BCUT2D eigenvalue weighted by atomic mass is 16.3. The topological polar surface area (TPSA) is 43.7 Å². The standard InChI is InChI=1S/C13H17NO2/c1-14(8-10-16)11-13-6-4-12(5-7-13)3-2-9-15/h4-7,15-16H,8-11H2,1H3. The molecule has 1 aromatic rings. The van der Waals surface area contributed by atoms with E-state index in [2.05, 4.69) is 16.7 Å². The SMILES string of the molecule is CN(CCO)Cc1ccc(C#CCO)cc1. The molecule has 0 aromatic heterocycles. The molecule has 86 valence electrons. The van der Waals surface area contributed by atoms with Crippen molar-refractivity contribution < 1.29 is 10.2 Å². The number of hydrogen-bond donors (Lipinski definition) is 2. The molecule has 2 N–H and O–H groups in total. The van der Waals surface area contributed by atoms with Crippen molar-refractivity contribution in [2.24, 2.45) is 0 Å². The lowest BCUT2D eigenvalue weighted by Gasteiger charge is -2.14. The summed E-state index contributed by atoms with van der Waals surface area (Å²) in [6.45, 7) is 1.55. The zero-order valence-corrected chi connectivity index (χ0v) is 9.48. The summed E-state index contributed by atoms with van der Waals surface area (Å²) in [4.78, 5) is 2.05. The highest BCUT2D eigenvalue weighted by Crippen LogP contribution is 2.05. The average molecular weight is 219 g/mol. The summed E-state index contributed by atoms with van der Waals surface area (Å²) < 4.78 is 0. The Bertz CT molecular complexity index is 362. The maximum atomic E-state index is 8.77. The number of aliphatic hydroxyl groups is 2. The minimum Gasteiger partial charge on any atom is -0.395 e. The van der Waals surface area contributed by atoms with Gasteiger partial charge < -0.3 is 10.2 Å². The van der Waals surface area contributed by atoms with E-state index in [0.29, 0.717) is 6.54 Å². The van der Waals surface area contributed by atoms with E-state index in [4.69, 9.17) is 10.2 Å². The van der Waals surface area contributed by atoms with Gasteiger partial charge in [0.2, 0.25) is 0 Å². The van der Waals surface area contributed by atoms with Crippen molar-refractivity contribution in [1.82, 2.24) is 4.90 Å². The number of rotatable bonds is 4. The molecule has 0 amide bonds. The Labute approximate surface area is 96.3 Å². The quantitative estimate of drug-likeness (QED) is 0.723. The van der Waals surface area contributed by atoms with E-state index in [0.717, 1.165) is 12.1 Å². The van der Waals surface area contributed by atoms with Crippen molar-refractivity contribution in [3.63, 3.8) is 0 Å². The molecule has 0 saturated carbocycles. The van der Waals surface area contributed by atoms with E-state index >= 15 is 0 Å². The van der Waals surface area contributed by atoms with Gasteiger partial charge in [0, 0.05) is 18.7 Å². The van der Waals surface area contributed by atoms with E-state index in [1.807, 2.05) is 31.3 Å². The third-order valence-corrected chi connectivity index (χ3v) is 2.20. The normalized spacial score (nSPS) is 10.0. The predicted molar refractivity (Wildman–Crippen MR) is 63.8 cm³/mol. The van der Waals surface area contributed by atoms with Crippen molar-refractivity contribution in [1.29, 1.82) is 0 Å². The fourth-order valence-corrected chi connectivity index (χ4v) is 1.40. The summed E-state index contributed by atoms with van der Waals surface area (Å²) in [5, 5.41) is 17.3. The van der Waals surface area contributed by atoms with Crippen molar-refractivity contribution in [2.75, 3.05) is 26.8 Å². The molecule has 3 nitrogen and oxygen atoms in total. The Morgan fingerprint density at radius 3 is 2.44 bits per heavy atom. The first-order valence-electron chi connectivity index (χ1n) is 5.24. The van der Waals surface area contributed by atoms with Crippen LogP contribution in [-0.4, -0.2) is 41.9 Å². The van der Waals surface area contributed by atoms with Crippen molar-refractivity contribution in [3.8, 4) is 11.8 Å². The molecule has 0 aliphatic rings. The Kier molecular flexibility index (Phi) is 5.58. The fourth-order valence-electron chi connectivity index (χ4n) is 1.40. The summed E-state index contributed by atoms with van der Waals surface area (Å²) in [5.41, 5.74) is 2.09. The zero-order chi connectivity index (χ0) is 11.8. The minimum atomic E-state index is -0.110. The summed E-state index contributed by atoms with van der Waals surface area (Å²) in [5.74, 6) is 5.45. The number of aliphatic hydroxyl groups excluding tert-OH is 2. The van der Waals surface area contributed by atoms with Crippen LogP contribution < -0.4 is 0 Å². The van der Waals surface area contributed by atoms with Crippen molar-refractivity contribution in [2.45, 2.75) is 6.54 Å². The van der Waals surface area contributed by atoms with Crippen LogP contribution in [0.15, 0.2) is 24.3 Å². The number of benzene rings is 1. The molecule has 1 rings (SSSR count). The number of nitrogens with zero attached hydrogens (tertiary/aromatic N) is 1. The molecular formula is C13H17NO2. The molecule has 0 heterocycles. The van der Waals surface area contributed by atoms with Gasteiger partial charge in [0.25, 0.3) is 0 Å². The van der Waals surface area contributed by atoms with E-state index in [9.17, 15) is 0 Å². The van der Waals surface area contributed by atoms with E-state index in [1.54, 1.807) is 0 Å². The second-order valence-corrected chi connectivity index (χ2v) is 3.62. The smallest absolute Gasteiger partial charge is 0.104 e. The highest BCUT2D eigenvalue weighted by Gasteiger charge is 1.98. The van der Waals surface area contributed by atoms with Gasteiger partial charge in [0.05, 0.1) is 6.61 Å². The number of likely N-dealkylation sites (N-methyl/N-ethyl adjacent to an activating group) is 1. The molecule has 0 unspecified atom stereocenters. The average Bonchev–Trinajstić information content (AvgIpc) is 2.28. The molecular weight excluding hydrogens is 202 g/mol. The molecule has 0 radical (unpaired) electrons. The summed E-state index contributed by atoms with van der Waals surface area (Å²) in [7, 11) is 1.97. The Morgan fingerprint density at radius 1 is 1.19 bits per heavy atom. The summed E-state index contributed by atoms with van der Waals surface area (Å²) >= 11 is 0. The van der Waals surface area contributed by atoms with E-state index in [1.165, 1.54) is 5.56 Å². The Morgan fingerprint density at radius 2 is 1.88 bits per heavy atom. The van der Waals surface area contributed by atoms with Crippen LogP contribution in [0.25, 0.3) is 0 Å². The second kappa shape index (κ2) is 7.02. The van der Waals surface area contributed by atoms with Crippen LogP contribution in [0.3, 0.4) is 0 Å². The monoisotopic (exact) mass is 219 g/mol. The first-order chi connectivity index (χ1) is 7.76. The van der Waals surface area contributed by atoms with Crippen molar-refractivity contribution >= 4 is 0 Å². The maximum absolute atomic E-state index is 8.77. The van der Waals surface area contributed by atoms with Gasteiger partial charge >= 0.3 is 0 Å². The van der Waals surface area contributed by atoms with E-state index in [-0.39, 0.29) is 13.2 Å². The molecule has 1 aromatic carbocycles. The van der Waals surface area contributed by atoms with Gasteiger partial charge in [0.15, 0.2) is 0 Å². The van der Waals surface area contributed by atoms with Crippen LogP contribution in [0.1, 0.15) is 11.1 Å². The summed E-state index contributed by atoms with van der Waals surface area (Å²) in [6, 6.07) is 7.89. The fraction of sp³-hybridized carbons (Fsp3) is 0.385. The number of hydrogen-bond acceptors (Lipinski definition) is 3. The lowest BCUT2D eigenvalue weighted by atomic mass is 10.1. The molecule has 0 atom stereocenters. The zero-order valence-electron chi connectivity index (χ0n) is 9.48. The molecule has 0 spiro atoms. The maximum Gasteiger partial charge on any atom is 0.104 e. The Hall–Kier alpha value is -1.34. The minimum absolute atomic E-state index is 0.110. The molecule has 0 aliphatic carbocycles. The summed E-state index contributed by atoms with van der Waals surface area (Å²) in [6.07, 6.45) is 0. The molecule has 16 heavy (non-hydrogen) atoms. The van der Waals surface area contributed by atoms with Crippen LogP contribution >= 0.6 is 0 Å². The molecule has 0 bridgehead atoms. The van der Waals surface area contributed by atoms with Crippen LogP contribution in [0, 0.1) is 11.8 Å². The van der Waals surface area contributed by atoms with Gasteiger partial charge in [-0.1, -0.05) is 24.0 Å². The van der Waals surface area contributed by atoms with Crippen molar-refractivity contribution in [3.05, 3.63) is 35.4 Å². The molecule has 0 saturated heterocycles. The lowest BCUT2D eigenvalue weighted by molar-refractivity contribution is 0.217. The third-order valence-electron chi connectivity index (χ3n) is 2.20. The van der Waals surface area contributed by atoms with E-state index < -0.39 is 0 Å². The first-order valence-corrected chi connectivity index (χ1v) is 5.24. The van der Waals surface area contributed by atoms with Crippen LogP contribution in [-0.2, 0) is 6.54 Å². The van der Waals surface area contributed by atoms with Gasteiger partial charge in [-0.2, -0.15) is 0 Å². The molecule has 3 heteroatoms. The second-order valence-electron chi connectivity index (χ2n) is 3.62. The molecule has 0 fully saturated rings. The van der Waals surface area contributed by atoms with Gasteiger partial charge in [0.1, 0.15) is 6.61 Å².